The average molecular weight is 431 g/mol. The molecular weight excluding hydrogens is 400 g/mol. The second-order valence-electron chi connectivity index (χ2n) is 7.47. The van der Waals surface area contributed by atoms with Crippen molar-refractivity contribution in [2.24, 2.45) is 0 Å². The Labute approximate surface area is 172 Å². The first kappa shape index (κ1) is 26.5. The molecule has 0 aliphatic carbocycles. The van der Waals surface area contributed by atoms with E-state index in [-0.39, 0.29) is 18.3 Å². The predicted octanol–water partition coefficient (Wildman–Crippen LogP) is 1.92. The van der Waals surface area contributed by atoms with Gasteiger partial charge in [0, 0.05) is 24.3 Å². The van der Waals surface area contributed by atoms with Gasteiger partial charge in [0.05, 0.1) is 20.8 Å². The summed E-state index contributed by atoms with van der Waals surface area (Å²) in [5, 5.41) is -0.0771. The van der Waals surface area contributed by atoms with Gasteiger partial charge in [0.2, 0.25) is 0 Å². The van der Waals surface area contributed by atoms with Gasteiger partial charge in [-0.1, -0.05) is 20.8 Å². The standard InChI is InChI=1S/C19H30O9Si/c1-19(2,3)29(6,7)27-13-14(28-18(23)11-9-16(21)25-5)12-26-17(22)10-8-15(20)24-4/h8-11,14H,12-13H2,1-7H3/b10-8?,11-9+. The van der Waals surface area contributed by atoms with Crippen molar-refractivity contribution in [3.05, 3.63) is 24.3 Å². The normalized spacial score (nSPS) is 13.2. The summed E-state index contributed by atoms with van der Waals surface area (Å²) in [6, 6.07) is 0. The fraction of sp³-hybridized carbons (Fsp3) is 0.579. The minimum absolute atomic E-state index is 0.00227. The van der Waals surface area contributed by atoms with Crippen molar-refractivity contribution in [2.45, 2.75) is 45.0 Å². The molecule has 9 nitrogen and oxygen atoms in total. The van der Waals surface area contributed by atoms with Crippen LogP contribution in [0.15, 0.2) is 24.3 Å². The van der Waals surface area contributed by atoms with Crippen LogP contribution in [0.25, 0.3) is 0 Å². The minimum Gasteiger partial charge on any atom is -0.466 e. The predicted molar refractivity (Wildman–Crippen MR) is 106 cm³/mol. The SMILES string of the molecule is COC(=O)C=CC(=O)OCC(CO[Si](C)(C)C(C)(C)C)OC(=O)/C=C/C(=O)OC. The molecule has 0 aliphatic heterocycles. The number of hydrogen-bond donors (Lipinski definition) is 0. The van der Waals surface area contributed by atoms with Gasteiger partial charge in [-0.3, -0.25) is 0 Å². The van der Waals surface area contributed by atoms with Gasteiger partial charge >= 0.3 is 23.9 Å². The molecule has 0 aromatic heterocycles. The fourth-order valence-corrected chi connectivity index (χ4v) is 2.50. The van der Waals surface area contributed by atoms with Crippen molar-refractivity contribution in [1.29, 1.82) is 0 Å². The summed E-state index contributed by atoms with van der Waals surface area (Å²) < 4.78 is 25.0. The van der Waals surface area contributed by atoms with Gasteiger partial charge in [0.25, 0.3) is 0 Å². The highest BCUT2D eigenvalue weighted by atomic mass is 28.4. The van der Waals surface area contributed by atoms with Gasteiger partial charge in [-0.15, -0.1) is 0 Å². The highest BCUT2D eigenvalue weighted by molar-refractivity contribution is 6.74. The van der Waals surface area contributed by atoms with Gasteiger partial charge in [0.15, 0.2) is 14.4 Å². The first-order valence-corrected chi connectivity index (χ1v) is 11.8. The van der Waals surface area contributed by atoms with E-state index in [1.54, 1.807) is 0 Å². The highest BCUT2D eigenvalue weighted by Crippen LogP contribution is 2.36. The summed E-state index contributed by atoms with van der Waals surface area (Å²) in [4.78, 5) is 45.7. The Morgan fingerprint density at radius 1 is 0.793 bits per heavy atom. The molecule has 0 aromatic rings. The Hall–Kier alpha value is -2.46. The van der Waals surface area contributed by atoms with Crippen molar-refractivity contribution >= 4 is 32.2 Å². The molecule has 164 valence electrons. The third kappa shape index (κ3) is 11.2. The Bertz CT molecular complexity index is 645. The topological polar surface area (TPSA) is 114 Å². The van der Waals surface area contributed by atoms with E-state index in [4.69, 9.17) is 13.9 Å². The molecule has 0 saturated heterocycles. The van der Waals surface area contributed by atoms with Crippen LogP contribution in [-0.4, -0.2) is 65.7 Å². The van der Waals surface area contributed by atoms with Crippen LogP contribution in [0.2, 0.25) is 18.1 Å². The van der Waals surface area contributed by atoms with Crippen LogP contribution in [0, 0.1) is 0 Å². The van der Waals surface area contributed by atoms with Crippen molar-refractivity contribution < 1.29 is 42.6 Å². The first-order valence-electron chi connectivity index (χ1n) is 8.85. The van der Waals surface area contributed by atoms with Gasteiger partial charge in [-0.05, 0) is 18.1 Å². The number of ether oxygens (including phenoxy) is 4. The Kier molecular flexibility index (Phi) is 11.1. The molecule has 0 bridgehead atoms. The lowest BCUT2D eigenvalue weighted by molar-refractivity contribution is -0.154. The second-order valence-corrected chi connectivity index (χ2v) is 12.3. The minimum atomic E-state index is -2.15. The molecule has 1 atom stereocenters. The van der Waals surface area contributed by atoms with Gasteiger partial charge in [-0.25, -0.2) is 19.2 Å². The zero-order chi connectivity index (χ0) is 22.7. The van der Waals surface area contributed by atoms with Crippen molar-refractivity contribution in [3.8, 4) is 0 Å². The van der Waals surface area contributed by atoms with Crippen molar-refractivity contribution in [3.63, 3.8) is 0 Å². The number of esters is 4. The highest BCUT2D eigenvalue weighted by Gasteiger charge is 2.38. The molecule has 0 heterocycles. The molecule has 0 saturated carbocycles. The number of rotatable bonds is 10. The number of carbonyl (C=O) groups is 4. The van der Waals surface area contributed by atoms with E-state index in [0.717, 1.165) is 24.3 Å². The molecule has 0 rings (SSSR count). The molecule has 0 amide bonds. The van der Waals surface area contributed by atoms with Crippen LogP contribution >= 0.6 is 0 Å². The van der Waals surface area contributed by atoms with Gasteiger partial charge in [-0.2, -0.15) is 0 Å². The molecule has 1 unspecified atom stereocenters. The van der Waals surface area contributed by atoms with E-state index >= 15 is 0 Å². The smallest absolute Gasteiger partial charge is 0.331 e. The molecule has 0 spiro atoms. The lowest BCUT2D eigenvalue weighted by atomic mass is 10.2. The summed E-state index contributed by atoms with van der Waals surface area (Å²) in [5.74, 6) is -3.05. The summed E-state index contributed by atoms with van der Waals surface area (Å²) in [7, 11) is 0.199. The molecular formula is C19H30O9Si. The zero-order valence-electron chi connectivity index (χ0n) is 18.0. The Balaban J connectivity index is 5.04. The van der Waals surface area contributed by atoms with Crippen LogP contribution in [0.1, 0.15) is 20.8 Å². The molecule has 0 aromatic carbocycles. The molecule has 0 aliphatic rings. The Morgan fingerprint density at radius 3 is 1.69 bits per heavy atom. The van der Waals surface area contributed by atoms with Gasteiger partial charge < -0.3 is 23.4 Å². The van der Waals surface area contributed by atoms with Crippen molar-refractivity contribution in [2.75, 3.05) is 27.4 Å². The first-order chi connectivity index (χ1) is 13.3. The zero-order valence-corrected chi connectivity index (χ0v) is 19.0. The second kappa shape index (κ2) is 12.2. The summed E-state index contributed by atoms with van der Waals surface area (Å²) in [6.45, 7) is 9.91. The summed E-state index contributed by atoms with van der Waals surface area (Å²) in [6.07, 6.45) is 2.73. The van der Waals surface area contributed by atoms with E-state index < -0.39 is 38.3 Å². The van der Waals surface area contributed by atoms with Crippen LogP contribution in [-0.2, 0) is 42.6 Å². The van der Waals surface area contributed by atoms with Crippen LogP contribution in [0.3, 0.4) is 0 Å². The van der Waals surface area contributed by atoms with E-state index in [9.17, 15) is 19.2 Å². The lowest BCUT2D eigenvalue weighted by Crippen LogP contribution is -2.44. The van der Waals surface area contributed by atoms with E-state index in [0.29, 0.717) is 0 Å². The molecule has 0 fully saturated rings. The maximum Gasteiger partial charge on any atom is 0.331 e. The molecule has 0 N–H and O–H groups in total. The van der Waals surface area contributed by atoms with Gasteiger partial charge in [0.1, 0.15) is 6.61 Å². The maximum absolute atomic E-state index is 11.9. The van der Waals surface area contributed by atoms with Crippen LogP contribution in [0.5, 0.6) is 0 Å². The molecule has 29 heavy (non-hydrogen) atoms. The van der Waals surface area contributed by atoms with E-state index in [2.05, 4.69) is 30.2 Å². The third-order valence-electron chi connectivity index (χ3n) is 4.24. The van der Waals surface area contributed by atoms with Crippen LogP contribution < -0.4 is 0 Å². The van der Waals surface area contributed by atoms with Crippen molar-refractivity contribution in [1.82, 2.24) is 0 Å². The maximum atomic E-state index is 11.9. The number of carbonyl (C=O) groups excluding carboxylic acids is 4. The van der Waals surface area contributed by atoms with E-state index in [1.165, 1.54) is 14.2 Å². The Morgan fingerprint density at radius 2 is 1.24 bits per heavy atom. The largest absolute Gasteiger partial charge is 0.466 e. The fourth-order valence-electron chi connectivity index (χ4n) is 1.47. The quantitative estimate of drug-likeness (QED) is 0.222. The number of hydrogen-bond acceptors (Lipinski definition) is 9. The molecule has 0 radical (unpaired) electrons. The summed E-state index contributed by atoms with van der Waals surface area (Å²) >= 11 is 0. The lowest BCUT2D eigenvalue weighted by Gasteiger charge is -2.37. The van der Waals surface area contributed by atoms with Crippen LogP contribution in [0.4, 0.5) is 0 Å². The number of methoxy groups -OCH3 is 2. The molecule has 10 heteroatoms. The summed E-state index contributed by atoms with van der Waals surface area (Å²) in [5.41, 5.74) is 0. The third-order valence-corrected chi connectivity index (χ3v) is 8.74. The van der Waals surface area contributed by atoms with E-state index in [1.807, 2.05) is 13.1 Å². The average Bonchev–Trinajstić information content (AvgIpc) is 2.65. The monoisotopic (exact) mass is 430 g/mol.